The van der Waals surface area contributed by atoms with Gasteiger partial charge in [0.2, 0.25) is 0 Å². The minimum atomic E-state index is 0.0368. The molecule has 0 aliphatic carbocycles. The van der Waals surface area contributed by atoms with Gasteiger partial charge < -0.3 is 14.8 Å². The van der Waals surface area contributed by atoms with Crippen LogP contribution < -0.4 is 10.1 Å². The number of benzene rings is 1. The van der Waals surface area contributed by atoms with Crippen LogP contribution in [0.15, 0.2) is 18.2 Å². The van der Waals surface area contributed by atoms with E-state index in [1.165, 1.54) is 17.5 Å². The van der Waals surface area contributed by atoms with Crippen molar-refractivity contribution in [1.82, 2.24) is 5.32 Å². The van der Waals surface area contributed by atoms with Crippen LogP contribution in [-0.2, 0) is 16.9 Å². The van der Waals surface area contributed by atoms with Crippen molar-refractivity contribution in [1.29, 1.82) is 0 Å². The number of ether oxygens (including phenoxy) is 2. The van der Waals surface area contributed by atoms with Gasteiger partial charge in [-0.2, -0.15) is 0 Å². The molecule has 0 radical (unpaired) electrons. The van der Waals surface area contributed by atoms with Gasteiger partial charge >= 0.3 is 0 Å². The zero-order valence-corrected chi connectivity index (χ0v) is 10.9. The normalized spacial score (nSPS) is 23.9. The maximum absolute atomic E-state index is 5.48. The van der Waals surface area contributed by atoms with Gasteiger partial charge in [0.05, 0.1) is 13.7 Å². The third-order valence-electron chi connectivity index (χ3n) is 3.54. The van der Waals surface area contributed by atoms with Gasteiger partial charge in [-0.15, -0.1) is 0 Å². The summed E-state index contributed by atoms with van der Waals surface area (Å²) in [6.07, 6.45) is 2.37. The molecule has 1 N–H and O–H groups in total. The highest BCUT2D eigenvalue weighted by molar-refractivity contribution is 5.42. The first kappa shape index (κ1) is 12.4. The summed E-state index contributed by atoms with van der Waals surface area (Å²) in [4.78, 5) is 0. The molecular weight excluding hydrogens is 214 g/mol. The monoisotopic (exact) mass is 235 g/mol. The fraction of sp³-hybridized carbons (Fsp3) is 0.571. The van der Waals surface area contributed by atoms with Crippen molar-refractivity contribution < 1.29 is 9.47 Å². The van der Waals surface area contributed by atoms with Crippen LogP contribution in [0.2, 0.25) is 0 Å². The standard InChI is InChI=1S/C14H21NO2/c1-14(7-4-8-15-14)12-9-11(10-16-2)5-6-13(12)17-3/h5-6,9,15H,4,7-8,10H2,1-3H3. The van der Waals surface area contributed by atoms with Crippen LogP contribution in [0.5, 0.6) is 5.75 Å². The summed E-state index contributed by atoms with van der Waals surface area (Å²) < 4.78 is 10.7. The largest absolute Gasteiger partial charge is 0.496 e. The molecule has 94 valence electrons. The molecule has 17 heavy (non-hydrogen) atoms. The summed E-state index contributed by atoms with van der Waals surface area (Å²) >= 11 is 0. The smallest absolute Gasteiger partial charge is 0.123 e. The highest BCUT2D eigenvalue weighted by Gasteiger charge is 2.32. The Morgan fingerprint density at radius 1 is 1.35 bits per heavy atom. The van der Waals surface area contributed by atoms with Crippen molar-refractivity contribution in [2.45, 2.75) is 31.9 Å². The van der Waals surface area contributed by atoms with Crippen LogP contribution >= 0.6 is 0 Å². The van der Waals surface area contributed by atoms with E-state index < -0.39 is 0 Å². The Balaban J connectivity index is 2.38. The molecule has 0 aromatic heterocycles. The molecule has 1 fully saturated rings. The third kappa shape index (κ3) is 2.45. The fourth-order valence-electron chi connectivity index (χ4n) is 2.57. The molecule has 1 unspecified atom stereocenters. The molecule has 3 heteroatoms. The second-order valence-electron chi connectivity index (χ2n) is 4.83. The minimum absolute atomic E-state index is 0.0368. The fourth-order valence-corrected chi connectivity index (χ4v) is 2.57. The van der Waals surface area contributed by atoms with Gasteiger partial charge in [0.1, 0.15) is 5.75 Å². The highest BCUT2D eigenvalue weighted by Crippen LogP contribution is 2.36. The molecule has 1 atom stereocenters. The molecule has 1 aromatic carbocycles. The number of nitrogens with one attached hydrogen (secondary N) is 1. The van der Waals surface area contributed by atoms with Crippen molar-refractivity contribution in [3.8, 4) is 5.75 Å². The number of hydrogen-bond acceptors (Lipinski definition) is 3. The van der Waals surface area contributed by atoms with E-state index in [4.69, 9.17) is 9.47 Å². The predicted octanol–water partition coefficient (Wildman–Crippen LogP) is 2.44. The lowest BCUT2D eigenvalue weighted by Gasteiger charge is -2.27. The average Bonchev–Trinajstić information content (AvgIpc) is 2.78. The Hall–Kier alpha value is -1.06. The van der Waals surface area contributed by atoms with Gasteiger partial charge in [0, 0.05) is 18.2 Å². The van der Waals surface area contributed by atoms with E-state index in [1.807, 2.05) is 6.07 Å². The first-order valence-electron chi connectivity index (χ1n) is 6.11. The Kier molecular flexibility index (Phi) is 3.69. The zero-order chi connectivity index (χ0) is 12.3. The molecule has 1 aliphatic rings. The van der Waals surface area contributed by atoms with E-state index >= 15 is 0 Å². The van der Waals surface area contributed by atoms with Crippen LogP contribution in [0.25, 0.3) is 0 Å². The molecule has 0 amide bonds. The molecule has 0 spiro atoms. The molecular formula is C14H21NO2. The van der Waals surface area contributed by atoms with Crippen molar-refractivity contribution in [2.24, 2.45) is 0 Å². The predicted molar refractivity (Wildman–Crippen MR) is 68.3 cm³/mol. The maximum atomic E-state index is 5.48. The van der Waals surface area contributed by atoms with E-state index in [9.17, 15) is 0 Å². The van der Waals surface area contributed by atoms with E-state index in [1.54, 1.807) is 14.2 Å². The number of rotatable bonds is 4. The van der Waals surface area contributed by atoms with Crippen molar-refractivity contribution in [2.75, 3.05) is 20.8 Å². The third-order valence-corrected chi connectivity index (χ3v) is 3.54. The summed E-state index contributed by atoms with van der Waals surface area (Å²) in [5.74, 6) is 0.960. The summed E-state index contributed by atoms with van der Waals surface area (Å²) in [5, 5.41) is 3.57. The Bertz CT molecular complexity index is 384. The zero-order valence-electron chi connectivity index (χ0n) is 10.9. The molecule has 1 saturated heterocycles. The van der Waals surface area contributed by atoms with Gasteiger partial charge in [0.15, 0.2) is 0 Å². The molecule has 1 aliphatic heterocycles. The molecule has 0 saturated carbocycles. The first-order chi connectivity index (χ1) is 8.19. The Labute approximate surface area is 103 Å². The summed E-state index contributed by atoms with van der Waals surface area (Å²) in [5.41, 5.74) is 2.47. The number of methoxy groups -OCH3 is 2. The summed E-state index contributed by atoms with van der Waals surface area (Å²) in [6, 6.07) is 6.29. The van der Waals surface area contributed by atoms with E-state index in [-0.39, 0.29) is 5.54 Å². The van der Waals surface area contributed by atoms with Crippen molar-refractivity contribution in [3.63, 3.8) is 0 Å². The van der Waals surface area contributed by atoms with E-state index in [2.05, 4.69) is 24.4 Å². The highest BCUT2D eigenvalue weighted by atomic mass is 16.5. The second kappa shape index (κ2) is 5.07. The number of hydrogen-bond donors (Lipinski definition) is 1. The molecule has 1 aromatic rings. The van der Waals surface area contributed by atoms with Crippen LogP contribution in [0.4, 0.5) is 0 Å². The lowest BCUT2D eigenvalue weighted by atomic mass is 9.88. The molecule has 3 nitrogen and oxygen atoms in total. The van der Waals surface area contributed by atoms with Crippen LogP contribution in [-0.4, -0.2) is 20.8 Å². The lowest BCUT2D eigenvalue weighted by Crippen LogP contribution is -2.33. The summed E-state index contributed by atoms with van der Waals surface area (Å²) in [6.45, 7) is 3.97. The molecule has 2 rings (SSSR count). The second-order valence-corrected chi connectivity index (χ2v) is 4.83. The molecule has 1 heterocycles. The van der Waals surface area contributed by atoms with Crippen LogP contribution in [0, 0.1) is 0 Å². The van der Waals surface area contributed by atoms with Gasteiger partial charge in [-0.1, -0.05) is 6.07 Å². The van der Waals surface area contributed by atoms with Gasteiger partial charge in [-0.25, -0.2) is 0 Å². The van der Waals surface area contributed by atoms with Gasteiger partial charge in [-0.3, -0.25) is 0 Å². The average molecular weight is 235 g/mol. The first-order valence-corrected chi connectivity index (χ1v) is 6.11. The van der Waals surface area contributed by atoms with E-state index in [0.717, 1.165) is 18.7 Å². The van der Waals surface area contributed by atoms with Crippen molar-refractivity contribution in [3.05, 3.63) is 29.3 Å². The topological polar surface area (TPSA) is 30.5 Å². The lowest BCUT2D eigenvalue weighted by molar-refractivity contribution is 0.184. The SMILES string of the molecule is COCc1ccc(OC)c(C2(C)CCCN2)c1. The van der Waals surface area contributed by atoms with E-state index in [0.29, 0.717) is 6.61 Å². The van der Waals surface area contributed by atoms with Crippen LogP contribution in [0.1, 0.15) is 30.9 Å². The van der Waals surface area contributed by atoms with Gasteiger partial charge in [-0.05, 0) is 44.0 Å². The maximum Gasteiger partial charge on any atom is 0.123 e. The quantitative estimate of drug-likeness (QED) is 0.869. The Morgan fingerprint density at radius 3 is 2.76 bits per heavy atom. The van der Waals surface area contributed by atoms with Crippen LogP contribution in [0.3, 0.4) is 0 Å². The summed E-state index contributed by atoms with van der Waals surface area (Å²) in [7, 11) is 3.45. The molecule has 0 bridgehead atoms. The minimum Gasteiger partial charge on any atom is -0.496 e. The Morgan fingerprint density at radius 2 is 2.18 bits per heavy atom. The van der Waals surface area contributed by atoms with Crippen molar-refractivity contribution >= 4 is 0 Å². The van der Waals surface area contributed by atoms with Gasteiger partial charge in [0.25, 0.3) is 0 Å².